The molecule has 0 spiro atoms. The van der Waals surface area contributed by atoms with Gasteiger partial charge < -0.3 is 19.9 Å². The molecule has 0 saturated carbocycles. The van der Waals surface area contributed by atoms with E-state index in [0.717, 1.165) is 50.6 Å². The minimum atomic E-state index is 0.0190. The first kappa shape index (κ1) is 15.3. The first-order valence-electron chi connectivity index (χ1n) is 7.18. The van der Waals surface area contributed by atoms with E-state index >= 15 is 0 Å². The van der Waals surface area contributed by atoms with E-state index in [2.05, 4.69) is 5.32 Å². The maximum Gasteiger partial charge on any atom is 0.230 e. The lowest BCUT2D eigenvalue weighted by molar-refractivity contribution is -0.903. The smallest absolute Gasteiger partial charge is 0.230 e. The van der Waals surface area contributed by atoms with Gasteiger partial charge in [-0.05, 0) is 24.3 Å². The first-order chi connectivity index (χ1) is 10.2. The van der Waals surface area contributed by atoms with Crippen LogP contribution in [0, 0.1) is 0 Å². The zero-order chi connectivity index (χ0) is 15.1. The number of piperazine rings is 1. The van der Waals surface area contributed by atoms with Gasteiger partial charge in [0.25, 0.3) is 0 Å². The largest absolute Gasteiger partial charge is 0.497 e. The molecule has 6 heteroatoms. The predicted molar refractivity (Wildman–Crippen MR) is 79.4 cm³/mol. The molecule has 2 amide bonds. The molecular formula is C15H22N3O3+. The Hall–Kier alpha value is -2.08. The van der Waals surface area contributed by atoms with E-state index in [1.165, 1.54) is 4.90 Å². The van der Waals surface area contributed by atoms with Gasteiger partial charge in [-0.2, -0.15) is 0 Å². The molecule has 1 heterocycles. The molecule has 1 fully saturated rings. The number of carbonyl (C=O) groups is 2. The monoisotopic (exact) mass is 292 g/mol. The van der Waals surface area contributed by atoms with Crippen molar-refractivity contribution in [1.29, 1.82) is 0 Å². The molecule has 6 nitrogen and oxygen atoms in total. The van der Waals surface area contributed by atoms with Crippen LogP contribution in [0.15, 0.2) is 24.3 Å². The van der Waals surface area contributed by atoms with Crippen molar-refractivity contribution in [2.24, 2.45) is 0 Å². The summed E-state index contributed by atoms with van der Waals surface area (Å²) in [7, 11) is 1.61. The van der Waals surface area contributed by atoms with Crippen LogP contribution in [-0.2, 0) is 9.59 Å². The minimum absolute atomic E-state index is 0.0190. The molecule has 21 heavy (non-hydrogen) atoms. The van der Waals surface area contributed by atoms with E-state index in [1.54, 1.807) is 12.0 Å². The molecule has 1 aromatic rings. The Balaban J connectivity index is 1.71. The highest BCUT2D eigenvalue weighted by atomic mass is 16.5. The zero-order valence-electron chi connectivity index (χ0n) is 12.3. The fraction of sp³-hybridized carbons (Fsp3) is 0.467. The average Bonchev–Trinajstić information content (AvgIpc) is 2.54. The summed E-state index contributed by atoms with van der Waals surface area (Å²) < 4.78 is 5.07. The molecule has 0 aliphatic carbocycles. The van der Waals surface area contributed by atoms with Crippen molar-refractivity contribution in [3.63, 3.8) is 0 Å². The number of ether oxygens (including phenoxy) is 1. The number of methoxy groups -OCH3 is 1. The summed E-state index contributed by atoms with van der Waals surface area (Å²) in [6.45, 7) is 4.18. The maximum atomic E-state index is 11.9. The highest BCUT2D eigenvalue weighted by molar-refractivity contribution is 5.90. The van der Waals surface area contributed by atoms with E-state index in [-0.39, 0.29) is 5.91 Å². The molecule has 1 aliphatic rings. The van der Waals surface area contributed by atoms with E-state index in [0.29, 0.717) is 6.42 Å². The molecule has 0 bridgehead atoms. The summed E-state index contributed by atoms with van der Waals surface area (Å²) in [4.78, 5) is 25.7. The van der Waals surface area contributed by atoms with Gasteiger partial charge in [0, 0.05) is 5.69 Å². The Morgan fingerprint density at radius 2 is 2.00 bits per heavy atom. The number of quaternary nitrogens is 1. The van der Waals surface area contributed by atoms with Crippen molar-refractivity contribution in [2.75, 3.05) is 45.2 Å². The van der Waals surface area contributed by atoms with Crippen molar-refractivity contribution in [1.82, 2.24) is 4.90 Å². The Morgan fingerprint density at radius 1 is 1.33 bits per heavy atom. The summed E-state index contributed by atoms with van der Waals surface area (Å²) >= 11 is 0. The van der Waals surface area contributed by atoms with Gasteiger partial charge in [0.05, 0.1) is 46.3 Å². The number of carbonyl (C=O) groups excluding carboxylic acids is 2. The number of rotatable bonds is 6. The number of hydrogen-bond donors (Lipinski definition) is 2. The normalized spacial score (nSPS) is 15.6. The van der Waals surface area contributed by atoms with Crippen LogP contribution >= 0.6 is 0 Å². The van der Waals surface area contributed by atoms with Gasteiger partial charge in [-0.1, -0.05) is 0 Å². The number of amides is 2. The zero-order valence-corrected chi connectivity index (χ0v) is 12.3. The van der Waals surface area contributed by atoms with Gasteiger partial charge in [0.2, 0.25) is 12.3 Å². The van der Waals surface area contributed by atoms with E-state index in [9.17, 15) is 9.59 Å². The molecule has 2 N–H and O–H groups in total. The third kappa shape index (κ3) is 4.75. The highest BCUT2D eigenvalue weighted by Gasteiger charge is 2.19. The quantitative estimate of drug-likeness (QED) is 0.687. The lowest BCUT2D eigenvalue weighted by atomic mass is 10.2. The first-order valence-corrected chi connectivity index (χ1v) is 7.18. The van der Waals surface area contributed by atoms with Crippen LogP contribution < -0.4 is 15.0 Å². The average molecular weight is 292 g/mol. The molecule has 0 atom stereocenters. The molecule has 0 radical (unpaired) electrons. The molecule has 1 aromatic carbocycles. The highest BCUT2D eigenvalue weighted by Crippen LogP contribution is 2.14. The number of nitrogens with one attached hydrogen (secondary N) is 2. The lowest BCUT2D eigenvalue weighted by Crippen LogP contribution is -3.14. The van der Waals surface area contributed by atoms with E-state index < -0.39 is 0 Å². The third-order valence-corrected chi connectivity index (χ3v) is 3.73. The van der Waals surface area contributed by atoms with Crippen LogP contribution in [0.3, 0.4) is 0 Å². The lowest BCUT2D eigenvalue weighted by Gasteiger charge is -2.29. The van der Waals surface area contributed by atoms with Gasteiger partial charge in [-0.25, -0.2) is 0 Å². The number of anilines is 1. The second-order valence-electron chi connectivity index (χ2n) is 5.17. The number of benzene rings is 1. The molecule has 114 valence electrons. The Morgan fingerprint density at radius 3 is 2.57 bits per heavy atom. The summed E-state index contributed by atoms with van der Waals surface area (Å²) in [5.74, 6) is 0.788. The molecular weight excluding hydrogens is 270 g/mol. The van der Waals surface area contributed by atoms with E-state index in [1.807, 2.05) is 24.3 Å². The Kier molecular flexibility index (Phi) is 5.57. The van der Waals surface area contributed by atoms with Gasteiger partial charge in [-0.3, -0.25) is 9.59 Å². The Labute approximate surface area is 124 Å². The fourth-order valence-electron chi connectivity index (χ4n) is 2.38. The molecule has 0 aromatic heterocycles. The summed E-state index contributed by atoms with van der Waals surface area (Å²) in [5, 5.41) is 2.88. The second kappa shape index (κ2) is 7.64. The van der Waals surface area contributed by atoms with Crippen molar-refractivity contribution >= 4 is 18.0 Å². The van der Waals surface area contributed by atoms with Crippen LogP contribution in [0.5, 0.6) is 5.75 Å². The summed E-state index contributed by atoms with van der Waals surface area (Å²) in [5.41, 5.74) is 0.779. The topological polar surface area (TPSA) is 63.1 Å². The van der Waals surface area contributed by atoms with Crippen molar-refractivity contribution in [3.8, 4) is 5.75 Å². The third-order valence-electron chi connectivity index (χ3n) is 3.73. The summed E-state index contributed by atoms with van der Waals surface area (Å²) in [6.07, 6.45) is 1.38. The molecule has 2 rings (SSSR count). The van der Waals surface area contributed by atoms with Crippen LogP contribution in [0.25, 0.3) is 0 Å². The SMILES string of the molecule is COc1ccc(NC(=O)CC[NH+]2CCN(C=O)CC2)cc1. The predicted octanol–water partition coefficient (Wildman–Crippen LogP) is -0.619. The van der Waals surface area contributed by atoms with E-state index in [4.69, 9.17) is 4.74 Å². The van der Waals surface area contributed by atoms with Crippen LogP contribution in [0.1, 0.15) is 6.42 Å². The minimum Gasteiger partial charge on any atom is -0.497 e. The molecule has 0 unspecified atom stereocenters. The van der Waals surface area contributed by atoms with Crippen molar-refractivity contribution in [2.45, 2.75) is 6.42 Å². The van der Waals surface area contributed by atoms with Gasteiger partial charge in [-0.15, -0.1) is 0 Å². The van der Waals surface area contributed by atoms with Crippen molar-refractivity contribution < 1.29 is 19.2 Å². The van der Waals surface area contributed by atoms with Gasteiger partial charge >= 0.3 is 0 Å². The Bertz CT molecular complexity index is 468. The van der Waals surface area contributed by atoms with Crippen LogP contribution in [-0.4, -0.2) is 57.1 Å². The van der Waals surface area contributed by atoms with Gasteiger partial charge in [0.1, 0.15) is 5.75 Å². The standard InChI is InChI=1S/C15H21N3O3/c1-21-14-4-2-13(3-5-14)16-15(20)6-7-17-8-10-18(12-19)11-9-17/h2-5,12H,6-11H2,1H3,(H,16,20)/p+1. The molecule has 1 saturated heterocycles. The number of hydrogen-bond acceptors (Lipinski definition) is 3. The number of nitrogens with zero attached hydrogens (tertiary/aromatic N) is 1. The fourth-order valence-corrected chi connectivity index (χ4v) is 2.38. The molecule has 1 aliphatic heterocycles. The second-order valence-corrected chi connectivity index (χ2v) is 5.17. The van der Waals surface area contributed by atoms with Gasteiger partial charge in [0.15, 0.2) is 0 Å². The van der Waals surface area contributed by atoms with Crippen LogP contribution in [0.2, 0.25) is 0 Å². The maximum absolute atomic E-state index is 11.9. The summed E-state index contributed by atoms with van der Waals surface area (Å²) in [6, 6.07) is 7.29. The van der Waals surface area contributed by atoms with Crippen LogP contribution in [0.4, 0.5) is 5.69 Å². The van der Waals surface area contributed by atoms with Crippen molar-refractivity contribution in [3.05, 3.63) is 24.3 Å².